The Morgan fingerprint density at radius 3 is 3.07 bits per heavy atom. The van der Waals surface area contributed by atoms with E-state index in [1.54, 1.807) is 7.11 Å². The number of likely N-dealkylation sites (tertiary alicyclic amines) is 1. The van der Waals surface area contributed by atoms with Crippen molar-refractivity contribution < 1.29 is 4.74 Å². The monoisotopic (exact) mass is 211 g/mol. The number of fused-ring (bicyclic) bond motifs is 1. The Hall–Kier alpha value is -0.770. The van der Waals surface area contributed by atoms with Crippen molar-refractivity contribution in [2.24, 2.45) is 17.1 Å². The fourth-order valence-corrected chi connectivity index (χ4v) is 3.29. The van der Waals surface area contributed by atoms with Gasteiger partial charge in [-0.25, -0.2) is 0 Å². The summed E-state index contributed by atoms with van der Waals surface area (Å²) in [6, 6.07) is 0. The summed E-state index contributed by atoms with van der Waals surface area (Å²) in [4.78, 5) is 2.01. The standard InChI is InChI=1S/C11H21N3O/c1-15-8-11-5-3-2-4-9(11)6-14(7-11)10(12)13/h9H,2-8H2,1H3,(H3,12,13). The summed E-state index contributed by atoms with van der Waals surface area (Å²) < 4.78 is 5.38. The highest BCUT2D eigenvalue weighted by molar-refractivity contribution is 5.75. The molecular weight excluding hydrogens is 190 g/mol. The lowest BCUT2D eigenvalue weighted by Crippen LogP contribution is -2.39. The Bertz CT molecular complexity index is 252. The zero-order valence-electron chi connectivity index (χ0n) is 9.46. The van der Waals surface area contributed by atoms with Crippen molar-refractivity contribution in [2.45, 2.75) is 25.7 Å². The van der Waals surface area contributed by atoms with Gasteiger partial charge in [-0.3, -0.25) is 5.41 Å². The van der Waals surface area contributed by atoms with Crippen molar-refractivity contribution in [1.82, 2.24) is 4.90 Å². The van der Waals surface area contributed by atoms with E-state index in [0.717, 1.165) is 19.7 Å². The van der Waals surface area contributed by atoms with Gasteiger partial charge in [0.2, 0.25) is 0 Å². The van der Waals surface area contributed by atoms with E-state index in [0.29, 0.717) is 5.92 Å². The van der Waals surface area contributed by atoms with Gasteiger partial charge in [-0.2, -0.15) is 0 Å². The first-order chi connectivity index (χ1) is 7.18. The SMILES string of the molecule is COCC12CCCCC1CN(C(=N)N)C2. The van der Waals surface area contributed by atoms with E-state index in [4.69, 9.17) is 15.9 Å². The summed E-state index contributed by atoms with van der Waals surface area (Å²) in [5, 5.41) is 7.52. The van der Waals surface area contributed by atoms with Crippen molar-refractivity contribution in [3.63, 3.8) is 0 Å². The number of hydrogen-bond donors (Lipinski definition) is 2. The fourth-order valence-electron chi connectivity index (χ4n) is 3.29. The third-order valence-corrected chi connectivity index (χ3v) is 4.06. The molecule has 0 aromatic rings. The second-order valence-electron chi connectivity index (χ2n) is 5.00. The highest BCUT2D eigenvalue weighted by Gasteiger charge is 2.47. The van der Waals surface area contributed by atoms with Crippen LogP contribution in [0.2, 0.25) is 0 Å². The minimum Gasteiger partial charge on any atom is -0.384 e. The molecule has 2 fully saturated rings. The number of nitrogens with two attached hydrogens (primary N) is 1. The fraction of sp³-hybridized carbons (Fsp3) is 0.909. The highest BCUT2D eigenvalue weighted by atomic mass is 16.5. The molecular formula is C11H21N3O. The molecule has 1 aliphatic heterocycles. The van der Waals surface area contributed by atoms with Gasteiger partial charge in [-0.15, -0.1) is 0 Å². The topological polar surface area (TPSA) is 62.3 Å². The Morgan fingerprint density at radius 2 is 2.40 bits per heavy atom. The van der Waals surface area contributed by atoms with Gasteiger partial charge in [0.15, 0.2) is 5.96 Å². The largest absolute Gasteiger partial charge is 0.384 e. The minimum atomic E-state index is 0.222. The van der Waals surface area contributed by atoms with Gasteiger partial charge in [0, 0.05) is 25.6 Å². The number of ether oxygens (including phenoxy) is 1. The first kappa shape index (κ1) is 10.7. The predicted molar refractivity (Wildman–Crippen MR) is 59.8 cm³/mol. The van der Waals surface area contributed by atoms with Crippen molar-refractivity contribution in [1.29, 1.82) is 5.41 Å². The molecule has 0 amide bonds. The summed E-state index contributed by atoms with van der Waals surface area (Å²) in [6.07, 6.45) is 5.12. The summed E-state index contributed by atoms with van der Waals surface area (Å²) in [5.74, 6) is 0.898. The highest BCUT2D eigenvalue weighted by Crippen LogP contribution is 2.46. The second-order valence-corrected chi connectivity index (χ2v) is 5.00. The third kappa shape index (κ3) is 1.83. The van der Waals surface area contributed by atoms with Crippen LogP contribution in [0, 0.1) is 16.7 Å². The normalized spacial score (nSPS) is 35.3. The summed E-state index contributed by atoms with van der Waals surface area (Å²) in [7, 11) is 1.77. The Morgan fingerprint density at radius 1 is 1.60 bits per heavy atom. The van der Waals surface area contributed by atoms with Crippen LogP contribution in [0.4, 0.5) is 0 Å². The van der Waals surface area contributed by atoms with Crippen molar-refractivity contribution in [3.05, 3.63) is 0 Å². The molecule has 2 atom stereocenters. The summed E-state index contributed by atoms with van der Waals surface area (Å²) in [6.45, 7) is 2.70. The van der Waals surface area contributed by atoms with Crippen LogP contribution >= 0.6 is 0 Å². The molecule has 4 nitrogen and oxygen atoms in total. The molecule has 2 unspecified atom stereocenters. The number of hydrogen-bond acceptors (Lipinski definition) is 2. The average Bonchev–Trinajstić information content (AvgIpc) is 2.57. The van der Waals surface area contributed by atoms with Crippen LogP contribution in [-0.2, 0) is 4.74 Å². The Balaban J connectivity index is 2.12. The zero-order chi connectivity index (χ0) is 10.9. The van der Waals surface area contributed by atoms with Gasteiger partial charge in [0.1, 0.15) is 0 Å². The van der Waals surface area contributed by atoms with Gasteiger partial charge in [0.25, 0.3) is 0 Å². The van der Waals surface area contributed by atoms with E-state index in [-0.39, 0.29) is 11.4 Å². The van der Waals surface area contributed by atoms with Gasteiger partial charge >= 0.3 is 0 Å². The maximum atomic E-state index is 7.52. The van der Waals surface area contributed by atoms with E-state index in [1.807, 2.05) is 4.90 Å². The zero-order valence-corrected chi connectivity index (χ0v) is 9.46. The summed E-state index contributed by atoms with van der Waals surface area (Å²) in [5.41, 5.74) is 5.85. The number of nitrogens with zero attached hydrogens (tertiary/aromatic N) is 1. The number of rotatable bonds is 2. The number of guanidine groups is 1. The van der Waals surface area contributed by atoms with E-state index < -0.39 is 0 Å². The molecule has 0 radical (unpaired) electrons. The molecule has 1 aliphatic carbocycles. The van der Waals surface area contributed by atoms with Crippen LogP contribution in [0.15, 0.2) is 0 Å². The maximum absolute atomic E-state index is 7.52. The quantitative estimate of drug-likeness (QED) is 0.529. The lowest BCUT2D eigenvalue weighted by molar-refractivity contribution is 0.0314. The Kier molecular flexibility index (Phi) is 2.87. The summed E-state index contributed by atoms with van der Waals surface area (Å²) >= 11 is 0. The lowest BCUT2D eigenvalue weighted by atomic mass is 9.69. The maximum Gasteiger partial charge on any atom is 0.188 e. The van der Waals surface area contributed by atoms with E-state index in [9.17, 15) is 0 Å². The molecule has 0 aromatic carbocycles. The molecule has 86 valence electrons. The molecule has 2 aliphatic rings. The minimum absolute atomic E-state index is 0.222. The molecule has 0 bridgehead atoms. The average molecular weight is 211 g/mol. The van der Waals surface area contributed by atoms with Crippen molar-refractivity contribution in [3.8, 4) is 0 Å². The van der Waals surface area contributed by atoms with Crippen LogP contribution in [0.25, 0.3) is 0 Å². The number of methoxy groups -OCH3 is 1. The third-order valence-electron chi connectivity index (χ3n) is 4.06. The molecule has 15 heavy (non-hydrogen) atoms. The molecule has 3 N–H and O–H groups in total. The van der Waals surface area contributed by atoms with Gasteiger partial charge in [-0.05, 0) is 18.8 Å². The molecule has 0 aromatic heterocycles. The smallest absolute Gasteiger partial charge is 0.188 e. The van der Waals surface area contributed by atoms with E-state index in [2.05, 4.69) is 0 Å². The van der Waals surface area contributed by atoms with Gasteiger partial charge in [-0.1, -0.05) is 12.8 Å². The lowest BCUT2D eigenvalue weighted by Gasteiger charge is -2.37. The Labute approximate surface area is 91.3 Å². The van der Waals surface area contributed by atoms with Gasteiger partial charge in [0.05, 0.1) is 6.61 Å². The molecule has 1 saturated carbocycles. The first-order valence-corrected chi connectivity index (χ1v) is 5.76. The first-order valence-electron chi connectivity index (χ1n) is 5.76. The van der Waals surface area contributed by atoms with Crippen LogP contribution in [0.1, 0.15) is 25.7 Å². The molecule has 1 saturated heterocycles. The number of nitrogens with one attached hydrogen (secondary N) is 1. The second kappa shape index (κ2) is 4.00. The van der Waals surface area contributed by atoms with E-state index >= 15 is 0 Å². The van der Waals surface area contributed by atoms with Crippen LogP contribution < -0.4 is 5.73 Å². The molecule has 2 rings (SSSR count). The van der Waals surface area contributed by atoms with Crippen molar-refractivity contribution >= 4 is 5.96 Å². The van der Waals surface area contributed by atoms with Crippen LogP contribution in [0.3, 0.4) is 0 Å². The van der Waals surface area contributed by atoms with Crippen LogP contribution in [0.5, 0.6) is 0 Å². The van der Waals surface area contributed by atoms with Gasteiger partial charge < -0.3 is 15.4 Å². The van der Waals surface area contributed by atoms with Crippen molar-refractivity contribution in [2.75, 3.05) is 26.8 Å². The molecule has 4 heteroatoms. The predicted octanol–water partition coefficient (Wildman–Crippen LogP) is 1.02. The van der Waals surface area contributed by atoms with Crippen LogP contribution in [-0.4, -0.2) is 37.7 Å². The molecule has 1 heterocycles. The van der Waals surface area contributed by atoms with E-state index in [1.165, 1.54) is 25.7 Å². The molecule has 0 spiro atoms.